The predicted molar refractivity (Wildman–Crippen MR) is 45.6 cm³/mol. The lowest BCUT2D eigenvalue weighted by molar-refractivity contribution is 0.599. The van der Waals surface area contributed by atoms with Gasteiger partial charge in [0.05, 0.1) is 5.25 Å². The van der Waals surface area contributed by atoms with Crippen LogP contribution in [0.25, 0.3) is 0 Å². The first kappa shape index (κ1) is 6.37. The van der Waals surface area contributed by atoms with Crippen molar-refractivity contribution in [2.24, 2.45) is 5.92 Å². The number of allylic oxidation sites excluding steroid dienone is 1. The molecule has 52 valence electrons. The highest BCUT2D eigenvalue weighted by Crippen LogP contribution is 2.36. The van der Waals surface area contributed by atoms with Crippen molar-refractivity contribution >= 4 is 11.8 Å². The van der Waals surface area contributed by atoms with Crippen LogP contribution in [-0.4, -0.2) is 5.25 Å². The lowest BCUT2D eigenvalue weighted by atomic mass is 9.90. The Morgan fingerprint density at radius 2 is 2.60 bits per heavy atom. The Morgan fingerprint density at radius 3 is 3.40 bits per heavy atom. The smallest absolute Gasteiger partial charge is 0.0515 e. The lowest BCUT2D eigenvalue weighted by Gasteiger charge is -2.21. The second-order valence-corrected chi connectivity index (χ2v) is 3.86. The van der Waals surface area contributed by atoms with Crippen molar-refractivity contribution in [1.29, 1.82) is 0 Å². The van der Waals surface area contributed by atoms with E-state index in [1.807, 2.05) is 0 Å². The Hall–Kier alpha value is -0.350. The van der Waals surface area contributed by atoms with Crippen LogP contribution >= 0.6 is 11.8 Å². The summed E-state index contributed by atoms with van der Waals surface area (Å²) in [6.45, 7) is 2.22. The summed E-state index contributed by atoms with van der Waals surface area (Å²) in [5.41, 5.74) is 1.53. The molecule has 2 atom stereocenters. The Kier molecular flexibility index (Phi) is 1.50. The van der Waals surface area contributed by atoms with E-state index < -0.39 is 0 Å². The normalized spacial score (nSPS) is 35.9. The standard InChI is InChI=1S/C9H10S/c1-7-3-2-4-8-5-6-10-9(7)8/h3,8-9H,2,4H2,1H3/t8-,9?/m1/s1. The van der Waals surface area contributed by atoms with Crippen LogP contribution in [0, 0.1) is 17.1 Å². The van der Waals surface area contributed by atoms with E-state index in [1.165, 1.54) is 18.4 Å². The monoisotopic (exact) mass is 150 g/mol. The molecule has 0 spiro atoms. The van der Waals surface area contributed by atoms with Gasteiger partial charge in [-0.25, -0.2) is 0 Å². The average Bonchev–Trinajstić information content (AvgIpc) is 2.36. The minimum atomic E-state index is 0.676. The van der Waals surface area contributed by atoms with E-state index in [0.29, 0.717) is 11.2 Å². The van der Waals surface area contributed by atoms with E-state index in [4.69, 9.17) is 0 Å². The topological polar surface area (TPSA) is 0 Å². The van der Waals surface area contributed by atoms with Crippen LogP contribution in [0.1, 0.15) is 19.8 Å². The van der Waals surface area contributed by atoms with Gasteiger partial charge in [-0.15, -0.1) is 0 Å². The Morgan fingerprint density at radius 1 is 1.70 bits per heavy atom. The third-order valence-corrected chi connectivity index (χ3v) is 3.38. The Labute approximate surface area is 66.1 Å². The molecule has 1 aliphatic carbocycles. The molecule has 1 unspecified atom stereocenters. The zero-order valence-corrected chi connectivity index (χ0v) is 6.87. The summed E-state index contributed by atoms with van der Waals surface area (Å²) in [4.78, 5) is 0. The van der Waals surface area contributed by atoms with Crippen LogP contribution in [0.2, 0.25) is 0 Å². The van der Waals surface area contributed by atoms with Crippen molar-refractivity contribution in [2.75, 3.05) is 0 Å². The largest absolute Gasteiger partial charge is 0.0863 e. The fraction of sp³-hybridized carbons (Fsp3) is 0.556. The van der Waals surface area contributed by atoms with Gasteiger partial charge in [0.1, 0.15) is 0 Å². The van der Waals surface area contributed by atoms with Crippen LogP contribution < -0.4 is 0 Å². The predicted octanol–water partition coefficient (Wildman–Crippen LogP) is 2.42. The summed E-state index contributed by atoms with van der Waals surface area (Å²) in [5, 5.41) is 3.81. The number of fused-ring (bicyclic) bond motifs is 1. The van der Waals surface area contributed by atoms with E-state index in [9.17, 15) is 0 Å². The molecule has 0 amide bonds. The van der Waals surface area contributed by atoms with Gasteiger partial charge in [-0.3, -0.25) is 0 Å². The van der Waals surface area contributed by atoms with Crippen LogP contribution in [0.5, 0.6) is 0 Å². The zero-order chi connectivity index (χ0) is 6.97. The Bertz CT molecular complexity index is 229. The van der Waals surface area contributed by atoms with Gasteiger partial charge in [-0.05, 0) is 25.0 Å². The molecule has 1 heterocycles. The molecule has 10 heavy (non-hydrogen) atoms. The number of hydrogen-bond donors (Lipinski definition) is 0. The molecule has 0 saturated carbocycles. The molecule has 0 radical (unpaired) electrons. The zero-order valence-electron chi connectivity index (χ0n) is 6.05. The van der Waals surface area contributed by atoms with Gasteiger partial charge >= 0.3 is 0 Å². The molecule has 1 aliphatic heterocycles. The van der Waals surface area contributed by atoms with Crippen molar-refractivity contribution in [1.82, 2.24) is 0 Å². The average molecular weight is 150 g/mol. The van der Waals surface area contributed by atoms with Crippen molar-refractivity contribution < 1.29 is 0 Å². The minimum Gasteiger partial charge on any atom is -0.0863 e. The molecule has 2 aliphatic rings. The SMILES string of the molecule is CC1=CCC[C@@H]2C#CSC12. The van der Waals surface area contributed by atoms with Crippen LogP contribution in [0.15, 0.2) is 11.6 Å². The molecule has 0 aromatic heterocycles. The molecule has 1 heteroatoms. The fourth-order valence-electron chi connectivity index (χ4n) is 1.57. The fourth-order valence-corrected chi connectivity index (χ4v) is 2.57. The first-order valence-electron chi connectivity index (χ1n) is 3.71. The molecule has 0 N–H and O–H groups in total. The third kappa shape index (κ3) is 0.876. The van der Waals surface area contributed by atoms with E-state index >= 15 is 0 Å². The summed E-state index contributed by atoms with van der Waals surface area (Å²) in [5.74, 6) is 3.94. The van der Waals surface area contributed by atoms with Gasteiger partial charge in [-0.1, -0.05) is 29.3 Å². The first-order valence-corrected chi connectivity index (χ1v) is 4.59. The molecule has 0 nitrogen and oxygen atoms in total. The van der Waals surface area contributed by atoms with Crippen LogP contribution in [0.3, 0.4) is 0 Å². The lowest BCUT2D eigenvalue weighted by Crippen LogP contribution is -2.17. The molecule has 0 aromatic carbocycles. The molecular formula is C9H10S. The maximum Gasteiger partial charge on any atom is 0.0515 e. The highest BCUT2D eigenvalue weighted by Gasteiger charge is 2.27. The highest BCUT2D eigenvalue weighted by molar-refractivity contribution is 8.04. The van der Waals surface area contributed by atoms with Gasteiger partial charge in [0.25, 0.3) is 0 Å². The van der Waals surface area contributed by atoms with E-state index in [1.54, 1.807) is 11.8 Å². The molecule has 0 aromatic rings. The third-order valence-electron chi connectivity index (χ3n) is 2.19. The Balaban J connectivity index is 2.23. The molecule has 0 fully saturated rings. The molecular weight excluding hydrogens is 140 g/mol. The van der Waals surface area contributed by atoms with Crippen molar-refractivity contribution in [3.05, 3.63) is 11.6 Å². The van der Waals surface area contributed by atoms with Crippen LogP contribution in [-0.2, 0) is 0 Å². The second-order valence-electron chi connectivity index (χ2n) is 2.92. The molecule has 0 bridgehead atoms. The van der Waals surface area contributed by atoms with E-state index in [2.05, 4.69) is 24.2 Å². The summed E-state index contributed by atoms with van der Waals surface area (Å²) in [6.07, 6.45) is 4.87. The minimum absolute atomic E-state index is 0.676. The number of hydrogen-bond acceptors (Lipinski definition) is 1. The van der Waals surface area contributed by atoms with E-state index in [-0.39, 0.29) is 0 Å². The molecule has 2 rings (SSSR count). The summed E-state index contributed by atoms with van der Waals surface area (Å²) in [7, 11) is 0. The maximum absolute atomic E-state index is 3.26. The van der Waals surface area contributed by atoms with E-state index in [0.717, 1.165) is 0 Å². The van der Waals surface area contributed by atoms with Gasteiger partial charge in [0.15, 0.2) is 0 Å². The van der Waals surface area contributed by atoms with Crippen LogP contribution in [0.4, 0.5) is 0 Å². The van der Waals surface area contributed by atoms with Gasteiger partial charge in [-0.2, -0.15) is 0 Å². The molecule has 0 saturated heterocycles. The first-order chi connectivity index (χ1) is 4.88. The summed E-state index contributed by atoms with van der Waals surface area (Å²) < 4.78 is 0. The highest BCUT2D eigenvalue weighted by atomic mass is 32.2. The van der Waals surface area contributed by atoms with Gasteiger partial charge in [0, 0.05) is 5.92 Å². The summed E-state index contributed by atoms with van der Waals surface area (Å²) >= 11 is 1.80. The van der Waals surface area contributed by atoms with Crippen molar-refractivity contribution in [2.45, 2.75) is 25.0 Å². The summed E-state index contributed by atoms with van der Waals surface area (Å²) in [6, 6.07) is 0. The second kappa shape index (κ2) is 2.36. The van der Waals surface area contributed by atoms with Crippen molar-refractivity contribution in [3.8, 4) is 11.2 Å². The number of rotatable bonds is 0. The quantitative estimate of drug-likeness (QED) is 0.377. The van der Waals surface area contributed by atoms with Crippen molar-refractivity contribution in [3.63, 3.8) is 0 Å². The number of thioether (sulfide) groups is 1. The maximum atomic E-state index is 3.26. The van der Waals surface area contributed by atoms with Gasteiger partial charge in [0.2, 0.25) is 0 Å². The van der Waals surface area contributed by atoms with Gasteiger partial charge < -0.3 is 0 Å².